The highest BCUT2D eigenvalue weighted by Gasteiger charge is 2.09. The molecule has 0 radical (unpaired) electrons. The van der Waals surface area contributed by atoms with E-state index in [0.717, 1.165) is 10.6 Å². The van der Waals surface area contributed by atoms with Gasteiger partial charge in [0.05, 0.1) is 13.3 Å². The Morgan fingerprint density at radius 1 is 1.75 bits per heavy atom. The minimum absolute atomic E-state index is 0.347. The fraction of sp³-hybridized carbons (Fsp3) is 0.250. The van der Waals surface area contributed by atoms with Gasteiger partial charge in [-0.25, -0.2) is 9.78 Å². The van der Waals surface area contributed by atoms with Crippen molar-refractivity contribution in [1.82, 2.24) is 4.98 Å². The lowest BCUT2D eigenvalue weighted by atomic mass is 10.4. The maximum Gasteiger partial charge on any atom is 0.349 e. The average molecular weight is 183 g/mol. The largest absolute Gasteiger partial charge is 0.465 e. The van der Waals surface area contributed by atoms with Crippen LogP contribution in [-0.4, -0.2) is 18.1 Å². The molecule has 0 aromatic carbocycles. The van der Waals surface area contributed by atoms with E-state index in [9.17, 15) is 4.79 Å². The Morgan fingerprint density at radius 2 is 2.42 bits per heavy atom. The average Bonchev–Trinajstić information content (AvgIpc) is 2.51. The van der Waals surface area contributed by atoms with E-state index in [1.54, 1.807) is 0 Å². The Kier molecular flexibility index (Phi) is 2.60. The summed E-state index contributed by atoms with van der Waals surface area (Å²) in [5.74, 6) is -0.347. The number of hydrogen-bond donors (Lipinski definition) is 0. The van der Waals surface area contributed by atoms with Crippen LogP contribution in [0.15, 0.2) is 12.8 Å². The van der Waals surface area contributed by atoms with Crippen molar-refractivity contribution in [3.63, 3.8) is 0 Å². The quantitative estimate of drug-likeness (QED) is 0.658. The molecule has 1 aromatic rings. The maximum absolute atomic E-state index is 11.0. The van der Waals surface area contributed by atoms with Crippen molar-refractivity contribution in [1.29, 1.82) is 0 Å². The molecule has 1 heterocycles. The first kappa shape index (κ1) is 8.93. The fourth-order valence-electron chi connectivity index (χ4n) is 0.666. The van der Waals surface area contributed by atoms with Gasteiger partial charge in [0.1, 0.15) is 9.88 Å². The van der Waals surface area contributed by atoms with Crippen LogP contribution in [0.4, 0.5) is 0 Å². The number of aromatic nitrogens is 1. The summed E-state index contributed by atoms with van der Waals surface area (Å²) in [4.78, 5) is 15.5. The molecule has 1 rings (SSSR count). The number of carbonyl (C=O) groups is 1. The topological polar surface area (TPSA) is 39.2 Å². The Hall–Kier alpha value is -1.16. The van der Waals surface area contributed by atoms with Crippen LogP contribution in [0.1, 0.15) is 21.6 Å². The fourth-order valence-corrected chi connectivity index (χ4v) is 1.43. The first-order valence-electron chi connectivity index (χ1n) is 3.35. The zero-order chi connectivity index (χ0) is 9.14. The molecule has 64 valence electrons. The van der Waals surface area contributed by atoms with E-state index in [1.165, 1.54) is 24.6 Å². The van der Waals surface area contributed by atoms with Crippen LogP contribution in [0, 0.1) is 0 Å². The minimum atomic E-state index is -0.347. The number of nitrogens with zero attached hydrogens (tertiary/aromatic N) is 1. The second-order valence-electron chi connectivity index (χ2n) is 2.30. The summed E-state index contributed by atoms with van der Waals surface area (Å²) in [6.45, 7) is 5.57. The van der Waals surface area contributed by atoms with Gasteiger partial charge in [-0.2, -0.15) is 0 Å². The van der Waals surface area contributed by atoms with Crippen molar-refractivity contribution < 1.29 is 9.53 Å². The molecule has 0 aliphatic rings. The predicted molar refractivity (Wildman–Crippen MR) is 48.2 cm³/mol. The molecule has 0 amide bonds. The lowest BCUT2D eigenvalue weighted by Crippen LogP contribution is -1.96. The number of hydrogen-bond acceptors (Lipinski definition) is 4. The van der Waals surface area contributed by atoms with Gasteiger partial charge in [-0.15, -0.1) is 11.3 Å². The number of thiazole rings is 1. The van der Waals surface area contributed by atoms with Crippen molar-refractivity contribution in [3.8, 4) is 0 Å². The standard InChI is InChI=1S/C8H9NO2S/c1-5(2)7-9-4-6(12-7)8(10)11-3/h4H,1H2,2-3H3. The second-order valence-corrected chi connectivity index (χ2v) is 3.33. The number of carbonyl (C=O) groups excluding carboxylic acids is 1. The molecular formula is C8H9NO2S. The van der Waals surface area contributed by atoms with E-state index in [-0.39, 0.29) is 5.97 Å². The third-order valence-corrected chi connectivity index (χ3v) is 2.40. The van der Waals surface area contributed by atoms with Crippen LogP contribution in [0.25, 0.3) is 5.57 Å². The summed E-state index contributed by atoms with van der Waals surface area (Å²) in [5, 5.41) is 0.774. The molecule has 0 unspecified atom stereocenters. The molecule has 1 aromatic heterocycles. The van der Waals surface area contributed by atoms with Crippen LogP contribution in [-0.2, 0) is 4.74 Å². The highest BCUT2D eigenvalue weighted by Crippen LogP contribution is 2.19. The van der Waals surface area contributed by atoms with Crippen LogP contribution in [0.5, 0.6) is 0 Å². The molecular weight excluding hydrogens is 174 g/mol. The third kappa shape index (κ3) is 1.71. The van der Waals surface area contributed by atoms with Gasteiger partial charge in [0.2, 0.25) is 0 Å². The SMILES string of the molecule is C=C(C)c1ncc(C(=O)OC)s1. The minimum Gasteiger partial charge on any atom is -0.465 e. The Balaban J connectivity index is 2.91. The monoisotopic (exact) mass is 183 g/mol. The number of esters is 1. The van der Waals surface area contributed by atoms with E-state index in [4.69, 9.17) is 0 Å². The van der Waals surface area contributed by atoms with Gasteiger partial charge in [0, 0.05) is 0 Å². The van der Waals surface area contributed by atoms with Gasteiger partial charge < -0.3 is 4.74 Å². The molecule has 0 saturated carbocycles. The highest BCUT2D eigenvalue weighted by molar-refractivity contribution is 7.14. The molecule has 0 fully saturated rings. The van der Waals surface area contributed by atoms with Crippen molar-refractivity contribution in [2.75, 3.05) is 7.11 Å². The zero-order valence-corrected chi connectivity index (χ0v) is 7.77. The first-order valence-corrected chi connectivity index (χ1v) is 4.17. The van der Waals surface area contributed by atoms with Crippen LogP contribution >= 0.6 is 11.3 Å². The van der Waals surface area contributed by atoms with Gasteiger partial charge in [-0.3, -0.25) is 0 Å². The van der Waals surface area contributed by atoms with Crippen molar-refractivity contribution in [2.24, 2.45) is 0 Å². The Bertz CT molecular complexity index is 317. The summed E-state index contributed by atoms with van der Waals surface area (Å²) >= 11 is 1.29. The Labute approximate surface area is 74.7 Å². The smallest absolute Gasteiger partial charge is 0.349 e. The molecule has 4 heteroatoms. The van der Waals surface area contributed by atoms with E-state index in [1.807, 2.05) is 6.92 Å². The highest BCUT2D eigenvalue weighted by atomic mass is 32.1. The third-order valence-electron chi connectivity index (χ3n) is 1.26. The first-order chi connectivity index (χ1) is 5.65. The summed E-state index contributed by atoms with van der Waals surface area (Å²) in [6, 6.07) is 0. The lowest BCUT2D eigenvalue weighted by molar-refractivity contribution is 0.0606. The number of allylic oxidation sites excluding steroid dienone is 1. The van der Waals surface area contributed by atoms with Crippen LogP contribution in [0.3, 0.4) is 0 Å². The van der Waals surface area contributed by atoms with Gasteiger partial charge in [-0.05, 0) is 12.5 Å². The second kappa shape index (κ2) is 3.49. The molecule has 0 bridgehead atoms. The molecule has 12 heavy (non-hydrogen) atoms. The van der Waals surface area contributed by atoms with Crippen molar-refractivity contribution in [3.05, 3.63) is 22.7 Å². The predicted octanol–water partition coefficient (Wildman–Crippen LogP) is 1.96. The number of ether oxygens (including phenoxy) is 1. The maximum atomic E-state index is 11.0. The van der Waals surface area contributed by atoms with Gasteiger partial charge in [-0.1, -0.05) is 6.58 Å². The van der Waals surface area contributed by atoms with Crippen LogP contribution in [0.2, 0.25) is 0 Å². The summed E-state index contributed by atoms with van der Waals surface area (Å²) in [5.41, 5.74) is 0.857. The van der Waals surface area contributed by atoms with E-state index in [0.29, 0.717) is 4.88 Å². The molecule has 0 atom stereocenters. The zero-order valence-electron chi connectivity index (χ0n) is 6.96. The molecule has 0 aliphatic carbocycles. The summed E-state index contributed by atoms with van der Waals surface area (Å²) in [7, 11) is 1.35. The van der Waals surface area contributed by atoms with E-state index < -0.39 is 0 Å². The van der Waals surface area contributed by atoms with Gasteiger partial charge in [0.25, 0.3) is 0 Å². The van der Waals surface area contributed by atoms with Gasteiger partial charge >= 0.3 is 5.97 Å². The van der Waals surface area contributed by atoms with Crippen molar-refractivity contribution >= 4 is 22.9 Å². The summed E-state index contributed by atoms with van der Waals surface area (Å²) < 4.78 is 4.53. The number of rotatable bonds is 2. The summed E-state index contributed by atoms with van der Waals surface area (Å²) in [6.07, 6.45) is 1.50. The lowest BCUT2D eigenvalue weighted by Gasteiger charge is -1.91. The molecule has 3 nitrogen and oxygen atoms in total. The van der Waals surface area contributed by atoms with E-state index >= 15 is 0 Å². The normalized spacial score (nSPS) is 9.50. The molecule has 0 aliphatic heterocycles. The molecule has 0 saturated heterocycles. The Morgan fingerprint density at radius 3 is 2.83 bits per heavy atom. The molecule has 0 spiro atoms. The molecule has 0 N–H and O–H groups in total. The van der Waals surface area contributed by atoms with E-state index in [2.05, 4.69) is 16.3 Å². The van der Waals surface area contributed by atoms with Crippen molar-refractivity contribution in [2.45, 2.75) is 6.92 Å². The van der Waals surface area contributed by atoms with Crippen LogP contribution < -0.4 is 0 Å². The van der Waals surface area contributed by atoms with Gasteiger partial charge in [0.15, 0.2) is 0 Å². The number of methoxy groups -OCH3 is 1.